The average molecular weight is 273 g/mol. The molecule has 0 aliphatic carbocycles. The van der Waals surface area contributed by atoms with Crippen LogP contribution in [-0.2, 0) is 13.2 Å². The van der Waals surface area contributed by atoms with E-state index in [1.807, 2.05) is 38.1 Å². The summed E-state index contributed by atoms with van der Waals surface area (Å²) in [6, 6.07) is 7.90. The van der Waals surface area contributed by atoms with Crippen LogP contribution in [0.2, 0.25) is 0 Å². The molecule has 0 fully saturated rings. The molecule has 2 aromatic rings. The quantitative estimate of drug-likeness (QED) is 0.823. The minimum atomic E-state index is -0.0848. The van der Waals surface area contributed by atoms with Crippen LogP contribution in [0.4, 0.5) is 0 Å². The van der Waals surface area contributed by atoms with E-state index in [4.69, 9.17) is 14.3 Å². The lowest BCUT2D eigenvalue weighted by Gasteiger charge is -2.03. The van der Waals surface area contributed by atoms with E-state index < -0.39 is 0 Å². The zero-order chi connectivity index (χ0) is 14.4. The second-order valence-corrected chi connectivity index (χ2v) is 4.44. The first-order chi connectivity index (χ1) is 9.74. The van der Waals surface area contributed by atoms with Gasteiger partial charge in [0.25, 0.3) is 0 Å². The number of aliphatic hydroxyl groups excluding tert-OH is 1. The van der Waals surface area contributed by atoms with Gasteiger partial charge in [0.2, 0.25) is 0 Å². The standard InChI is InChI=1S/C16H19NO3/c1-3-19-15-6-4-13(5-7-15)8-17-9-14-11-20-16(10-18)12(14)2/h4-7,9,11,18H,3,8,10H2,1-2H3. The van der Waals surface area contributed by atoms with Gasteiger partial charge in [-0.15, -0.1) is 0 Å². The number of furan rings is 1. The van der Waals surface area contributed by atoms with Crippen LogP contribution in [0.5, 0.6) is 5.75 Å². The van der Waals surface area contributed by atoms with Crippen LogP contribution in [0.1, 0.15) is 29.4 Å². The number of rotatable bonds is 6. The molecule has 4 nitrogen and oxygen atoms in total. The number of nitrogens with zero attached hydrogens (tertiary/aromatic N) is 1. The Bertz CT molecular complexity index is 570. The molecule has 1 N–H and O–H groups in total. The first kappa shape index (κ1) is 14.3. The third-order valence-corrected chi connectivity index (χ3v) is 3.06. The van der Waals surface area contributed by atoms with Crippen molar-refractivity contribution in [3.63, 3.8) is 0 Å². The van der Waals surface area contributed by atoms with Gasteiger partial charge in [-0.1, -0.05) is 12.1 Å². The van der Waals surface area contributed by atoms with Crippen molar-refractivity contribution in [3.05, 3.63) is 53.0 Å². The Morgan fingerprint density at radius 2 is 2.05 bits per heavy atom. The molecule has 20 heavy (non-hydrogen) atoms. The molecule has 0 saturated carbocycles. The molecule has 4 heteroatoms. The Labute approximate surface area is 118 Å². The fourth-order valence-electron chi connectivity index (χ4n) is 1.86. The zero-order valence-corrected chi connectivity index (χ0v) is 11.8. The summed E-state index contributed by atoms with van der Waals surface area (Å²) in [6.07, 6.45) is 3.39. The van der Waals surface area contributed by atoms with Gasteiger partial charge in [0.05, 0.1) is 19.4 Å². The van der Waals surface area contributed by atoms with Crippen LogP contribution in [-0.4, -0.2) is 17.9 Å². The summed E-state index contributed by atoms with van der Waals surface area (Å²) < 4.78 is 10.6. The van der Waals surface area contributed by atoms with Gasteiger partial charge in [0.15, 0.2) is 0 Å². The molecule has 1 aromatic carbocycles. The minimum absolute atomic E-state index is 0.0848. The number of aliphatic imine (C=N–C) groups is 1. The van der Waals surface area contributed by atoms with Crippen LogP contribution in [0.25, 0.3) is 0 Å². The lowest BCUT2D eigenvalue weighted by Crippen LogP contribution is -1.91. The van der Waals surface area contributed by atoms with E-state index in [9.17, 15) is 0 Å². The Morgan fingerprint density at radius 3 is 2.65 bits per heavy atom. The molecule has 0 spiro atoms. The second kappa shape index (κ2) is 6.91. The predicted molar refractivity (Wildman–Crippen MR) is 78.3 cm³/mol. The molecular formula is C16H19NO3. The van der Waals surface area contributed by atoms with E-state index in [0.29, 0.717) is 18.9 Å². The molecule has 0 saturated heterocycles. The van der Waals surface area contributed by atoms with Crippen LogP contribution < -0.4 is 4.74 Å². The largest absolute Gasteiger partial charge is 0.494 e. The molecule has 1 heterocycles. The minimum Gasteiger partial charge on any atom is -0.494 e. The summed E-state index contributed by atoms with van der Waals surface area (Å²) in [4.78, 5) is 4.39. The van der Waals surface area contributed by atoms with Gasteiger partial charge in [0.1, 0.15) is 18.1 Å². The Morgan fingerprint density at radius 1 is 1.30 bits per heavy atom. The molecule has 0 radical (unpaired) electrons. The fourth-order valence-corrected chi connectivity index (χ4v) is 1.86. The highest BCUT2D eigenvalue weighted by Crippen LogP contribution is 2.15. The Kier molecular flexibility index (Phi) is 4.96. The normalized spacial score (nSPS) is 11.2. The SMILES string of the molecule is CCOc1ccc(CN=Cc2coc(CO)c2C)cc1. The number of ether oxygens (including phenoxy) is 1. The monoisotopic (exact) mass is 273 g/mol. The Balaban J connectivity index is 1.97. The predicted octanol–water partition coefficient (Wildman–Crippen LogP) is 3.10. The summed E-state index contributed by atoms with van der Waals surface area (Å²) in [6.45, 7) is 5.06. The number of benzene rings is 1. The maximum Gasteiger partial charge on any atom is 0.132 e. The third-order valence-electron chi connectivity index (χ3n) is 3.06. The van der Waals surface area contributed by atoms with E-state index in [-0.39, 0.29) is 6.61 Å². The van der Waals surface area contributed by atoms with Crippen molar-refractivity contribution in [2.45, 2.75) is 27.0 Å². The summed E-state index contributed by atoms with van der Waals surface area (Å²) >= 11 is 0. The van der Waals surface area contributed by atoms with Gasteiger partial charge in [-0.2, -0.15) is 0 Å². The molecule has 0 unspecified atom stereocenters. The van der Waals surface area contributed by atoms with Crippen LogP contribution in [0.3, 0.4) is 0 Å². The molecule has 106 valence electrons. The zero-order valence-electron chi connectivity index (χ0n) is 11.8. The molecular weight excluding hydrogens is 254 g/mol. The van der Waals surface area contributed by atoms with Gasteiger partial charge in [-0.05, 0) is 31.5 Å². The van der Waals surface area contributed by atoms with E-state index in [2.05, 4.69) is 4.99 Å². The number of aliphatic hydroxyl groups is 1. The maximum atomic E-state index is 9.05. The highest BCUT2D eigenvalue weighted by Gasteiger charge is 2.05. The fraction of sp³-hybridized carbons (Fsp3) is 0.312. The summed E-state index contributed by atoms with van der Waals surface area (Å²) in [5.74, 6) is 1.46. The van der Waals surface area contributed by atoms with Crippen LogP contribution >= 0.6 is 0 Å². The van der Waals surface area contributed by atoms with Gasteiger partial charge in [0, 0.05) is 17.3 Å². The molecule has 0 amide bonds. The van der Waals surface area contributed by atoms with Crippen molar-refractivity contribution in [3.8, 4) is 5.75 Å². The Hall–Kier alpha value is -2.07. The second-order valence-electron chi connectivity index (χ2n) is 4.44. The van der Waals surface area contributed by atoms with Crippen molar-refractivity contribution in [2.75, 3.05) is 6.61 Å². The molecule has 0 aliphatic heterocycles. The topological polar surface area (TPSA) is 55.0 Å². The van der Waals surface area contributed by atoms with E-state index in [1.54, 1.807) is 12.5 Å². The maximum absolute atomic E-state index is 9.05. The number of hydrogen-bond donors (Lipinski definition) is 1. The smallest absolute Gasteiger partial charge is 0.132 e. The number of hydrogen-bond acceptors (Lipinski definition) is 4. The molecule has 0 bridgehead atoms. The van der Waals surface area contributed by atoms with E-state index in [1.165, 1.54) is 0 Å². The summed E-state index contributed by atoms with van der Waals surface area (Å²) in [5, 5.41) is 9.05. The van der Waals surface area contributed by atoms with Gasteiger partial charge < -0.3 is 14.3 Å². The molecule has 1 aromatic heterocycles. The highest BCUT2D eigenvalue weighted by molar-refractivity contribution is 5.81. The summed E-state index contributed by atoms with van der Waals surface area (Å²) in [5.41, 5.74) is 2.95. The van der Waals surface area contributed by atoms with Crippen molar-refractivity contribution in [1.82, 2.24) is 0 Å². The van der Waals surface area contributed by atoms with Crippen molar-refractivity contribution in [1.29, 1.82) is 0 Å². The van der Waals surface area contributed by atoms with Crippen molar-refractivity contribution in [2.24, 2.45) is 4.99 Å². The molecule has 2 rings (SSSR count). The first-order valence-corrected chi connectivity index (χ1v) is 6.64. The average Bonchev–Trinajstić information content (AvgIpc) is 2.82. The first-order valence-electron chi connectivity index (χ1n) is 6.64. The molecule has 0 aliphatic rings. The van der Waals surface area contributed by atoms with Crippen molar-refractivity contribution >= 4 is 6.21 Å². The third kappa shape index (κ3) is 3.48. The van der Waals surface area contributed by atoms with Crippen molar-refractivity contribution < 1.29 is 14.3 Å². The van der Waals surface area contributed by atoms with Gasteiger partial charge in [-0.3, -0.25) is 4.99 Å². The van der Waals surface area contributed by atoms with E-state index >= 15 is 0 Å². The highest BCUT2D eigenvalue weighted by atomic mass is 16.5. The van der Waals surface area contributed by atoms with Crippen LogP contribution in [0, 0.1) is 6.92 Å². The summed E-state index contributed by atoms with van der Waals surface area (Å²) in [7, 11) is 0. The van der Waals surface area contributed by atoms with E-state index in [0.717, 1.165) is 22.4 Å². The van der Waals surface area contributed by atoms with Gasteiger partial charge in [-0.25, -0.2) is 0 Å². The van der Waals surface area contributed by atoms with Crippen LogP contribution in [0.15, 0.2) is 39.9 Å². The lowest BCUT2D eigenvalue weighted by molar-refractivity contribution is 0.246. The molecule has 0 atom stereocenters. The lowest BCUT2D eigenvalue weighted by atomic mass is 10.2. The van der Waals surface area contributed by atoms with Gasteiger partial charge >= 0.3 is 0 Å².